The van der Waals surface area contributed by atoms with E-state index in [1.807, 2.05) is 46.1 Å². The number of nitrogens with zero attached hydrogens (tertiary/aromatic N) is 2. The van der Waals surface area contributed by atoms with Gasteiger partial charge in [-0.25, -0.2) is 0 Å². The molecular weight excluding hydrogens is 482 g/mol. The van der Waals surface area contributed by atoms with Gasteiger partial charge in [0.05, 0.1) is 24.9 Å². The zero-order valence-corrected chi connectivity index (χ0v) is 22.9. The second kappa shape index (κ2) is 17.8. The van der Waals surface area contributed by atoms with Crippen molar-refractivity contribution in [3.8, 4) is 23.3 Å². The van der Waals surface area contributed by atoms with E-state index in [0.717, 1.165) is 11.3 Å². The molecule has 2 aromatic carbocycles. The Hall–Kier alpha value is -4.55. The molecule has 0 bridgehead atoms. The fourth-order valence-corrected chi connectivity index (χ4v) is 3.05. The molecule has 0 unspecified atom stereocenters. The number of nitriles is 1. The first kappa shape index (κ1) is 31.5. The van der Waals surface area contributed by atoms with Crippen LogP contribution in [0.15, 0.2) is 87.9 Å². The number of carbonyl (C=O) groups is 1. The summed E-state index contributed by atoms with van der Waals surface area (Å²) in [7, 11) is 5.29. The van der Waals surface area contributed by atoms with Gasteiger partial charge in [0.1, 0.15) is 24.2 Å². The van der Waals surface area contributed by atoms with Crippen LogP contribution in [0.5, 0.6) is 17.2 Å². The van der Waals surface area contributed by atoms with Gasteiger partial charge in [-0.05, 0) is 63.5 Å². The second-order valence-corrected chi connectivity index (χ2v) is 7.47. The lowest BCUT2D eigenvalue weighted by atomic mass is 10.0. The minimum Gasteiger partial charge on any atom is -0.495 e. The van der Waals surface area contributed by atoms with Gasteiger partial charge in [-0.2, -0.15) is 5.26 Å². The fourth-order valence-electron chi connectivity index (χ4n) is 3.05. The number of carbonyl (C=O) groups excluding carboxylic acids is 1. The number of para-hydroxylation sites is 2. The summed E-state index contributed by atoms with van der Waals surface area (Å²) in [5.41, 5.74) is 8.96. The number of aldehydes is 1. The van der Waals surface area contributed by atoms with Crippen LogP contribution in [-0.4, -0.2) is 46.9 Å². The Bertz CT molecular complexity index is 1190. The molecule has 0 atom stereocenters. The zero-order valence-electron chi connectivity index (χ0n) is 22.9. The molecule has 38 heavy (non-hydrogen) atoms. The average Bonchev–Trinajstić information content (AvgIpc) is 2.94. The van der Waals surface area contributed by atoms with E-state index >= 15 is 0 Å². The molecule has 1 aliphatic heterocycles. The van der Waals surface area contributed by atoms with Crippen LogP contribution in [0.25, 0.3) is 0 Å². The Morgan fingerprint density at radius 1 is 1.13 bits per heavy atom. The van der Waals surface area contributed by atoms with Crippen molar-refractivity contribution in [2.45, 2.75) is 20.8 Å². The van der Waals surface area contributed by atoms with Crippen molar-refractivity contribution in [3.63, 3.8) is 0 Å². The number of aliphatic imine (C=N–C) groups is 1. The molecule has 0 radical (unpaired) electrons. The molecule has 2 aromatic rings. The standard InChI is InChI=1S/C25H24N4O4.C2H7N.C2H6/c1-17(27)24(31-2)13-18-15-28-16-19(14-26)25(18)29-20-7-9-21(10-8-20)33-23-6-4-3-5-22(23)32-12-11-30;1-3-2;1-2/h3-11,13,16,29H,12,15,27H2,1-2H3;3H,1-2H3;1-2H3/b18-13+,24-17-;;. The van der Waals surface area contributed by atoms with E-state index in [2.05, 4.69) is 21.7 Å². The van der Waals surface area contributed by atoms with Crippen molar-refractivity contribution in [2.75, 3.05) is 39.7 Å². The number of rotatable bonds is 9. The predicted octanol–water partition coefficient (Wildman–Crippen LogP) is 4.96. The number of nitrogens with two attached hydrogens (primary N) is 1. The summed E-state index contributed by atoms with van der Waals surface area (Å²) in [6.45, 7) is 6.07. The third-order valence-corrected chi connectivity index (χ3v) is 4.61. The lowest BCUT2D eigenvalue weighted by Gasteiger charge is -2.19. The maximum atomic E-state index is 10.6. The molecule has 0 saturated heterocycles. The maximum Gasteiger partial charge on any atom is 0.169 e. The van der Waals surface area contributed by atoms with Gasteiger partial charge >= 0.3 is 0 Å². The number of dihydropyridines is 1. The van der Waals surface area contributed by atoms with E-state index < -0.39 is 0 Å². The van der Waals surface area contributed by atoms with Crippen molar-refractivity contribution >= 4 is 18.2 Å². The van der Waals surface area contributed by atoms with Gasteiger partial charge in [0.2, 0.25) is 0 Å². The highest BCUT2D eigenvalue weighted by atomic mass is 16.5. The lowest BCUT2D eigenvalue weighted by molar-refractivity contribution is -0.109. The summed E-state index contributed by atoms with van der Waals surface area (Å²) in [5.74, 6) is 2.07. The van der Waals surface area contributed by atoms with Crippen LogP contribution < -0.4 is 25.8 Å². The second-order valence-electron chi connectivity index (χ2n) is 7.47. The van der Waals surface area contributed by atoms with Gasteiger partial charge in [-0.1, -0.05) is 26.0 Å². The third kappa shape index (κ3) is 9.84. The summed E-state index contributed by atoms with van der Waals surface area (Å²) in [6.07, 6.45) is 4.00. The maximum absolute atomic E-state index is 10.6. The van der Waals surface area contributed by atoms with Crippen LogP contribution in [-0.2, 0) is 9.53 Å². The van der Waals surface area contributed by atoms with Gasteiger partial charge in [0.25, 0.3) is 0 Å². The molecule has 0 aromatic heterocycles. The van der Waals surface area contributed by atoms with Crippen molar-refractivity contribution in [1.29, 1.82) is 5.26 Å². The number of hydrogen-bond donors (Lipinski definition) is 3. The van der Waals surface area contributed by atoms with E-state index in [1.54, 1.807) is 49.5 Å². The molecule has 0 saturated carbocycles. The lowest BCUT2D eigenvalue weighted by Crippen LogP contribution is -2.14. The van der Waals surface area contributed by atoms with E-state index in [4.69, 9.17) is 19.9 Å². The van der Waals surface area contributed by atoms with E-state index in [9.17, 15) is 10.1 Å². The topological polar surface area (TPSA) is 131 Å². The molecule has 4 N–H and O–H groups in total. The highest BCUT2D eigenvalue weighted by Crippen LogP contribution is 2.32. The minimum absolute atomic E-state index is 0.0532. The molecule has 0 amide bonds. The Balaban J connectivity index is 0.00000135. The molecule has 1 aliphatic rings. The summed E-state index contributed by atoms with van der Waals surface area (Å²) in [4.78, 5) is 14.9. The first-order valence-electron chi connectivity index (χ1n) is 12.1. The van der Waals surface area contributed by atoms with Gasteiger partial charge in [0, 0.05) is 23.2 Å². The van der Waals surface area contributed by atoms with Gasteiger partial charge in [0.15, 0.2) is 17.8 Å². The number of nitrogens with one attached hydrogen (secondary N) is 2. The quantitative estimate of drug-likeness (QED) is 0.313. The van der Waals surface area contributed by atoms with Crippen LogP contribution >= 0.6 is 0 Å². The zero-order chi connectivity index (χ0) is 28.3. The van der Waals surface area contributed by atoms with Gasteiger partial charge in [-0.15, -0.1) is 0 Å². The van der Waals surface area contributed by atoms with Crippen LogP contribution in [0.4, 0.5) is 5.69 Å². The Morgan fingerprint density at radius 2 is 1.76 bits per heavy atom. The SMILES string of the molecule is CC.CNC.COC(/C=C1\CN=CC(C#N)=C1Nc1ccc(Oc2ccccc2OCC=O)cc1)=C(/C)N. The van der Waals surface area contributed by atoms with Crippen molar-refractivity contribution in [2.24, 2.45) is 10.7 Å². The van der Waals surface area contributed by atoms with E-state index in [-0.39, 0.29) is 6.61 Å². The normalized spacial score (nSPS) is 13.6. The molecule has 1 heterocycles. The molecule has 0 fully saturated rings. The van der Waals surface area contributed by atoms with E-state index in [1.165, 1.54) is 7.11 Å². The first-order valence-corrected chi connectivity index (χ1v) is 12.1. The first-order chi connectivity index (χ1) is 18.5. The molecule has 9 heteroatoms. The highest BCUT2D eigenvalue weighted by molar-refractivity contribution is 5.89. The predicted molar refractivity (Wildman–Crippen MR) is 152 cm³/mol. The molecule has 3 rings (SSSR count). The van der Waals surface area contributed by atoms with Crippen LogP contribution in [0.1, 0.15) is 20.8 Å². The number of methoxy groups -OCH3 is 1. The highest BCUT2D eigenvalue weighted by Gasteiger charge is 2.16. The Morgan fingerprint density at radius 3 is 2.32 bits per heavy atom. The average molecular weight is 520 g/mol. The van der Waals surface area contributed by atoms with Gasteiger partial charge in [-0.3, -0.25) is 9.79 Å². The van der Waals surface area contributed by atoms with Crippen molar-refractivity contribution in [1.82, 2.24) is 5.32 Å². The molecule has 0 aliphatic carbocycles. The third-order valence-electron chi connectivity index (χ3n) is 4.61. The summed E-state index contributed by atoms with van der Waals surface area (Å²) < 4.78 is 16.6. The number of anilines is 1. The summed E-state index contributed by atoms with van der Waals surface area (Å²) in [5, 5.41) is 15.6. The largest absolute Gasteiger partial charge is 0.495 e. The van der Waals surface area contributed by atoms with Crippen LogP contribution in [0, 0.1) is 11.3 Å². The number of benzene rings is 2. The molecule has 9 nitrogen and oxygen atoms in total. The summed E-state index contributed by atoms with van der Waals surface area (Å²) >= 11 is 0. The van der Waals surface area contributed by atoms with Gasteiger partial charge < -0.3 is 30.6 Å². The smallest absolute Gasteiger partial charge is 0.169 e. The number of ether oxygens (including phenoxy) is 3. The fraction of sp³-hybridized carbons (Fsp3) is 0.276. The van der Waals surface area contributed by atoms with Crippen molar-refractivity contribution < 1.29 is 19.0 Å². The molecule has 202 valence electrons. The van der Waals surface area contributed by atoms with Crippen LogP contribution in [0.3, 0.4) is 0 Å². The Labute approximate surface area is 225 Å². The van der Waals surface area contributed by atoms with Crippen LogP contribution in [0.2, 0.25) is 0 Å². The van der Waals surface area contributed by atoms with Crippen molar-refractivity contribution in [3.05, 3.63) is 82.9 Å². The molecular formula is C29H37N5O4. The summed E-state index contributed by atoms with van der Waals surface area (Å²) in [6, 6.07) is 16.5. The number of hydrogen-bond acceptors (Lipinski definition) is 9. The van der Waals surface area contributed by atoms with E-state index in [0.29, 0.717) is 52.8 Å². The monoisotopic (exact) mass is 519 g/mol. The minimum atomic E-state index is -0.0532. The molecule has 0 spiro atoms. The Kier molecular flexibility index (Phi) is 14.8. The number of allylic oxidation sites excluding steroid dienone is 3.